The van der Waals surface area contributed by atoms with Gasteiger partial charge in [0.25, 0.3) is 5.91 Å². The van der Waals surface area contributed by atoms with Crippen molar-refractivity contribution in [2.24, 2.45) is 0 Å². The molecule has 2 N–H and O–H groups in total. The Morgan fingerprint density at radius 2 is 2.45 bits per heavy atom. The van der Waals surface area contributed by atoms with E-state index in [-0.39, 0.29) is 17.1 Å². The fraction of sp³-hybridized carbons (Fsp3) is 0.438. The third-order valence-corrected chi connectivity index (χ3v) is 4.83. The zero-order chi connectivity index (χ0) is 15.5. The highest BCUT2D eigenvalue weighted by Gasteiger charge is 2.24. The molecule has 3 heterocycles. The Bertz CT molecular complexity index is 665. The Morgan fingerprint density at radius 3 is 3.27 bits per heavy atom. The Kier molecular flexibility index (Phi) is 4.59. The van der Waals surface area contributed by atoms with Gasteiger partial charge in [0.2, 0.25) is 0 Å². The van der Waals surface area contributed by atoms with Crippen molar-refractivity contribution in [2.75, 3.05) is 13.2 Å². The van der Waals surface area contributed by atoms with Crippen molar-refractivity contribution in [1.29, 1.82) is 0 Å². The predicted octanol–water partition coefficient (Wildman–Crippen LogP) is 3.21. The molecule has 1 atom stereocenters. The number of amides is 1. The molecule has 1 aliphatic heterocycles. The minimum Gasteiger partial charge on any atom is -0.371 e. The van der Waals surface area contributed by atoms with Crippen LogP contribution in [-0.2, 0) is 17.6 Å². The van der Waals surface area contributed by atoms with Crippen molar-refractivity contribution >= 4 is 17.2 Å². The lowest BCUT2D eigenvalue weighted by atomic mass is 10.1. The third kappa shape index (κ3) is 3.08. The van der Waals surface area contributed by atoms with Crippen LogP contribution in [0, 0.1) is 5.13 Å². The second-order valence-corrected chi connectivity index (χ2v) is 6.46. The van der Waals surface area contributed by atoms with Crippen LogP contribution in [0.1, 0.15) is 45.9 Å². The minimum absolute atomic E-state index is 0.115. The van der Waals surface area contributed by atoms with Crippen LogP contribution >= 0.6 is 11.3 Å². The van der Waals surface area contributed by atoms with Crippen LogP contribution in [0.3, 0.4) is 0 Å². The van der Waals surface area contributed by atoms with Crippen LogP contribution in [0.15, 0.2) is 18.3 Å². The number of halogens is 1. The molecule has 0 aliphatic carbocycles. The number of nitrogens with one attached hydrogen (secondary N) is 2. The number of hydrogen-bond donors (Lipinski definition) is 2. The van der Waals surface area contributed by atoms with Gasteiger partial charge in [-0.25, -0.2) is 0 Å². The number of carbonyl (C=O) groups excluding carboxylic acids is 1. The van der Waals surface area contributed by atoms with E-state index in [2.05, 4.69) is 17.2 Å². The summed E-state index contributed by atoms with van der Waals surface area (Å²) < 4.78 is 19.1. The number of carbonyl (C=O) groups is 1. The number of rotatable bonds is 5. The third-order valence-electron chi connectivity index (χ3n) is 3.83. The molecule has 0 aromatic carbocycles. The number of thiophene rings is 1. The van der Waals surface area contributed by atoms with E-state index in [1.165, 1.54) is 17.4 Å². The molecule has 4 nitrogen and oxygen atoms in total. The molecule has 0 spiro atoms. The lowest BCUT2D eigenvalue weighted by molar-refractivity contribution is 0.0422. The van der Waals surface area contributed by atoms with E-state index in [1.54, 1.807) is 12.3 Å². The zero-order valence-electron chi connectivity index (χ0n) is 12.4. The number of aryl methyl sites for hydroxylation is 1. The lowest BCUT2D eigenvalue weighted by Crippen LogP contribution is -2.31. The highest BCUT2D eigenvalue weighted by Crippen LogP contribution is 2.32. The maximum Gasteiger partial charge on any atom is 0.253 e. The van der Waals surface area contributed by atoms with Gasteiger partial charge in [0.05, 0.1) is 12.2 Å². The summed E-state index contributed by atoms with van der Waals surface area (Å²) in [5.74, 6) is -0.115. The largest absolute Gasteiger partial charge is 0.371 e. The van der Waals surface area contributed by atoms with Crippen molar-refractivity contribution in [3.8, 4) is 0 Å². The first-order chi connectivity index (χ1) is 10.7. The van der Waals surface area contributed by atoms with E-state index in [4.69, 9.17) is 4.74 Å². The van der Waals surface area contributed by atoms with Crippen molar-refractivity contribution in [2.45, 2.75) is 32.3 Å². The van der Waals surface area contributed by atoms with Gasteiger partial charge in [-0.05, 0) is 24.1 Å². The average molecular weight is 322 g/mol. The number of H-pyrrole nitrogens is 1. The normalized spacial score (nSPS) is 17.3. The fourth-order valence-corrected chi connectivity index (χ4v) is 3.70. The van der Waals surface area contributed by atoms with Crippen molar-refractivity contribution in [1.82, 2.24) is 10.3 Å². The number of aromatic nitrogens is 1. The van der Waals surface area contributed by atoms with E-state index in [0.717, 1.165) is 35.4 Å². The highest BCUT2D eigenvalue weighted by atomic mass is 32.1. The summed E-state index contributed by atoms with van der Waals surface area (Å²) in [6.45, 7) is 3.00. The van der Waals surface area contributed by atoms with Gasteiger partial charge in [-0.15, -0.1) is 11.3 Å². The topological polar surface area (TPSA) is 54.1 Å². The Balaban J connectivity index is 1.65. The molecule has 3 rings (SSSR count). The zero-order valence-corrected chi connectivity index (χ0v) is 13.3. The second kappa shape index (κ2) is 6.62. The van der Waals surface area contributed by atoms with Gasteiger partial charge in [0.15, 0.2) is 5.13 Å². The lowest BCUT2D eigenvalue weighted by Gasteiger charge is -2.23. The minimum atomic E-state index is -0.262. The van der Waals surface area contributed by atoms with E-state index in [1.807, 2.05) is 0 Å². The number of aromatic amines is 1. The van der Waals surface area contributed by atoms with Crippen LogP contribution in [0.4, 0.5) is 4.39 Å². The first kappa shape index (κ1) is 15.2. The first-order valence-corrected chi connectivity index (χ1v) is 8.34. The van der Waals surface area contributed by atoms with Gasteiger partial charge in [0, 0.05) is 29.7 Å². The van der Waals surface area contributed by atoms with Crippen LogP contribution in [0.2, 0.25) is 0 Å². The van der Waals surface area contributed by atoms with Gasteiger partial charge < -0.3 is 15.0 Å². The van der Waals surface area contributed by atoms with Gasteiger partial charge >= 0.3 is 0 Å². The van der Waals surface area contributed by atoms with Gasteiger partial charge in [-0.2, -0.15) is 4.39 Å². The molecule has 0 saturated heterocycles. The summed E-state index contributed by atoms with van der Waals surface area (Å²) in [6.07, 6.45) is 4.08. The maximum absolute atomic E-state index is 13.4. The molecule has 6 heteroatoms. The molecule has 1 aliphatic rings. The summed E-state index contributed by atoms with van der Waals surface area (Å²) >= 11 is 1.17. The number of fused-ring (bicyclic) bond motifs is 1. The smallest absolute Gasteiger partial charge is 0.253 e. The predicted molar refractivity (Wildman–Crippen MR) is 83.8 cm³/mol. The fourth-order valence-electron chi connectivity index (χ4n) is 2.78. The molecule has 0 saturated carbocycles. The molecule has 1 unspecified atom stereocenters. The monoisotopic (exact) mass is 322 g/mol. The molecular formula is C16H19FN2O2S. The average Bonchev–Trinajstić information content (AvgIpc) is 3.10. The summed E-state index contributed by atoms with van der Waals surface area (Å²) in [5.41, 5.74) is 2.50. The Labute approximate surface area is 132 Å². The molecule has 0 bridgehead atoms. The summed E-state index contributed by atoms with van der Waals surface area (Å²) in [5, 5.41) is 2.71. The Hall–Kier alpha value is -1.66. The molecule has 118 valence electrons. The molecule has 2 aromatic rings. The summed E-state index contributed by atoms with van der Waals surface area (Å²) in [7, 11) is 0. The number of hydrogen-bond acceptors (Lipinski definition) is 3. The molecule has 0 fully saturated rings. The maximum atomic E-state index is 13.4. The van der Waals surface area contributed by atoms with E-state index >= 15 is 0 Å². The summed E-state index contributed by atoms with van der Waals surface area (Å²) in [6, 6.07) is 3.31. The Morgan fingerprint density at radius 1 is 1.59 bits per heavy atom. The standard InChI is InChI=1S/C16H19FN2O2S/c1-2-3-12-10(4-6-18-12)16(20)19-9-13-11-8-15(17)22-14(11)5-7-21-13/h4,6,8,13,18H,2-3,5,7,9H2,1H3,(H,19,20). The SMILES string of the molecule is CCCc1[nH]ccc1C(=O)NCC1OCCc2sc(F)cc21. The highest BCUT2D eigenvalue weighted by molar-refractivity contribution is 7.10. The second-order valence-electron chi connectivity index (χ2n) is 5.37. The molecule has 22 heavy (non-hydrogen) atoms. The van der Waals surface area contributed by atoms with Crippen molar-refractivity contribution in [3.63, 3.8) is 0 Å². The van der Waals surface area contributed by atoms with Crippen molar-refractivity contribution < 1.29 is 13.9 Å². The van der Waals surface area contributed by atoms with E-state index in [9.17, 15) is 9.18 Å². The van der Waals surface area contributed by atoms with Gasteiger partial charge in [-0.3, -0.25) is 4.79 Å². The van der Waals surface area contributed by atoms with Gasteiger partial charge in [0.1, 0.15) is 6.10 Å². The number of ether oxygens (including phenoxy) is 1. The van der Waals surface area contributed by atoms with Crippen LogP contribution in [0.25, 0.3) is 0 Å². The summed E-state index contributed by atoms with van der Waals surface area (Å²) in [4.78, 5) is 16.4. The molecule has 2 aromatic heterocycles. The quantitative estimate of drug-likeness (QED) is 0.888. The van der Waals surface area contributed by atoms with Crippen LogP contribution in [-0.4, -0.2) is 24.0 Å². The van der Waals surface area contributed by atoms with Gasteiger partial charge in [-0.1, -0.05) is 13.3 Å². The van der Waals surface area contributed by atoms with Crippen LogP contribution in [0.5, 0.6) is 0 Å². The van der Waals surface area contributed by atoms with Crippen molar-refractivity contribution in [3.05, 3.63) is 45.2 Å². The van der Waals surface area contributed by atoms with Crippen LogP contribution < -0.4 is 5.32 Å². The van der Waals surface area contributed by atoms with E-state index in [0.29, 0.717) is 18.7 Å². The first-order valence-electron chi connectivity index (χ1n) is 7.53. The molecule has 1 amide bonds. The van der Waals surface area contributed by atoms with E-state index < -0.39 is 0 Å². The molecular weight excluding hydrogens is 303 g/mol. The molecule has 0 radical (unpaired) electrons.